The molecule has 152 valence electrons. The van der Waals surface area contributed by atoms with Crippen LogP contribution in [-0.2, 0) is 9.53 Å². The molecule has 0 aromatic rings. The van der Waals surface area contributed by atoms with Crippen molar-refractivity contribution < 1.29 is 9.53 Å². The highest BCUT2D eigenvalue weighted by atomic mass is 35.5. The summed E-state index contributed by atoms with van der Waals surface area (Å²) in [5.41, 5.74) is -0.592. The van der Waals surface area contributed by atoms with Crippen LogP contribution in [0.1, 0.15) is 112 Å². The van der Waals surface area contributed by atoms with Gasteiger partial charge in [-0.25, -0.2) is 0 Å². The molecule has 0 aliphatic rings. The van der Waals surface area contributed by atoms with Gasteiger partial charge in [0.2, 0.25) is 0 Å². The quantitative estimate of drug-likeness (QED) is 0.249. The Morgan fingerprint density at radius 3 is 1.64 bits per heavy atom. The van der Waals surface area contributed by atoms with Crippen molar-refractivity contribution >= 4 is 18.4 Å². The van der Waals surface area contributed by atoms with Crippen LogP contribution in [0.2, 0.25) is 0 Å². The second kappa shape index (κ2) is 17.1. The smallest absolute Gasteiger partial charge is 0.325 e. The molecule has 0 aromatic carbocycles. The number of unbranched alkanes of at least 4 members (excludes halogenated alkanes) is 11. The Morgan fingerprint density at radius 1 is 0.840 bits per heavy atom. The molecule has 0 unspecified atom stereocenters. The lowest BCUT2D eigenvalue weighted by Gasteiger charge is -2.26. The van der Waals surface area contributed by atoms with Crippen LogP contribution < -0.4 is 5.32 Å². The molecule has 0 bridgehead atoms. The van der Waals surface area contributed by atoms with Crippen molar-refractivity contribution in [2.75, 3.05) is 6.61 Å². The van der Waals surface area contributed by atoms with Gasteiger partial charge >= 0.3 is 5.97 Å². The predicted molar refractivity (Wildman–Crippen MR) is 112 cm³/mol. The molecule has 0 aliphatic heterocycles. The summed E-state index contributed by atoms with van der Waals surface area (Å²) in [6.07, 6.45) is 15.9. The number of rotatable bonds is 16. The second-order valence-corrected chi connectivity index (χ2v) is 7.95. The van der Waals surface area contributed by atoms with Gasteiger partial charge in [0.15, 0.2) is 0 Å². The van der Waals surface area contributed by atoms with E-state index in [1.165, 1.54) is 70.6 Å². The molecule has 0 radical (unpaired) electrons. The topological polar surface area (TPSA) is 38.3 Å². The van der Waals surface area contributed by atoms with E-state index in [0.29, 0.717) is 6.61 Å². The summed E-state index contributed by atoms with van der Waals surface area (Å²) in [4.78, 5) is 12.0. The largest absolute Gasteiger partial charge is 0.464 e. The zero-order chi connectivity index (χ0) is 18.3. The summed E-state index contributed by atoms with van der Waals surface area (Å²) in [6, 6.07) is 0.277. The van der Waals surface area contributed by atoms with Gasteiger partial charge in [-0.05, 0) is 34.1 Å². The first-order valence-electron chi connectivity index (χ1n) is 10.3. The van der Waals surface area contributed by atoms with Crippen LogP contribution in [0.4, 0.5) is 0 Å². The molecule has 0 aliphatic carbocycles. The van der Waals surface area contributed by atoms with E-state index < -0.39 is 5.54 Å². The molecule has 0 aromatic heterocycles. The number of nitrogens with one attached hydrogen (secondary N) is 1. The number of carbonyl (C=O) groups excluding carboxylic acids is 1. The number of carbonyl (C=O) groups is 1. The minimum atomic E-state index is -0.592. The maximum Gasteiger partial charge on any atom is 0.325 e. The summed E-state index contributed by atoms with van der Waals surface area (Å²) in [5, 5.41) is 3.24. The maximum atomic E-state index is 12.0. The molecule has 0 rings (SSSR count). The van der Waals surface area contributed by atoms with Gasteiger partial charge in [-0.1, -0.05) is 77.6 Å². The summed E-state index contributed by atoms with van der Waals surface area (Å²) >= 11 is 0. The highest BCUT2D eigenvalue weighted by Gasteiger charge is 2.29. The van der Waals surface area contributed by atoms with E-state index in [4.69, 9.17) is 4.74 Å². The van der Waals surface area contributed by atoms with Crippen molar-refractivity contribution in [1.29, 1.82) is 0 Å². The fourth-order valence-electron chi connectivity index (χ4n) is 3.07. The Kier molecular flexibility index (Phi) is 18.5. The monoisotopic (exact) mass is 377 g/mol. The standard InChI is InChI=1S/C21H43NO2.ClH/c1-6-7-8-9-10-11-12-13-14-15-16-17-18-24-20(23)21(4,5)22-19(2)3;/h19,22H,6-18H2,1-5H3;1H. The summed E-state index contributed by atoms with van der Waals surface area (Å²) in [7, 11) is 0. The first kappa shape index (κ1) is 26.9. The molecule has 25 heavy (non-hydrogen) atoms. The number of ether oxygens (including phenoxy) is 1. The van der Waals surface area contributed by atoms with Crippen LogP contribution in [0, 0.1) is 0 Å². The van der Waals surface area contributed by atoms with E-state index in [9.17, 15) is 4.79 Å². The average molecular weight is 378 g/mol. The molecule has 1 N–H and O–H groups in total. The molecule has 4 heteroatoms. The van der Waals surface area contributed by atoms with E-state index in [1.54, 1.807) is 0 Å². The molecule has 0 atom stereocenters. The van der Waals surface area contributed by atoms with Crippen LogP contribution in [-0.4, -0.2) is 24.2 Å². The number of hydrogen-bond acceptors (Lipinski definition) is 3. The lowest BCUT2D eigenvalue weighted by Crippen LogP contribution is -2.50. The average Bonchev–Trinajstić information content (AvgIpc) is 2.50. The Bertz CT molecular complexity index is 306. The minimum absolute atomic E-state index is 0. The van der Waals surface area contributed by atoms with Gasteiger partial charge in [0.25, 0.3) is 0 Å². The van der Waals surface area contributed by atoms with Gasteiger partial charge < -0.3 is 10.1 Å². The molecular weight excluding hydrogens is 334 g/mol. The van der Waals surface area contributed by atoms with Crippen molar-refractivity contribution in [2.24, 2.45) is 0 Å². The third-order valence-electron chi connectivity index (χ3n) is 4.39. The van der Waals surface area contributed by atoms with Crippen LogP contribution in [0.5, 0.6) is 0 Å². The van der Waals surface area contributed by atoms with Crippen molar-refractivity contribution in [1.82, 2.24) is 5.32 Å². The van der Waals surface area contributed by atoms with Crippen LogP contribution in [0.25, 0.3) is 0 Å². The van der Waals surface area contributed by atoms with Crippen LogP contribution >= 0.6 is 12.4 Å². The van der Waals surface area contributed by atoms with Crippen LogP contribution in [0.15, 0.2) is 0 Å². The third-order valence-corrected chi connectivity index (χ3v) is 4.39. The van der Waals surface area contributed by atoms with Crippen molar-refractivity contribution in [3.05, 3.63) is 0 Å². The summed E-state index contributed by atoms with van der Waals surface area (Å²) < 4.78 is 5.40. The van der Waals surface area contributed by atoms with Gasteiger partial charge in [-0.15, -0.1) is 12.4 Å². The molecule has 0 saturated heterocycles. The summed E-state index contributed by atoms with van der Waals surface area (Å²) in [5.74, 6) is -0.140. The fraction of sp³-hybridized carbons (Fsp3) is 0.952. The number of esters is 1. The Hall–Kier alpha value is -0.280. The third kappa shape index (κ3) is 16.9. The first-order chi connectivity index (χ1) is 11.4. The molecular formula is C21H44ClNO2. The molecule has 0 amide bonds. The minimum Gasteiger partial charge on any atom is -0.464 e. The van der Waals surface area contributed by atoms with E-state index >= 15 is 0 Å². The lowest BCUT2D eigenvalue weighted by molar-refractivity contribution is -0.150. The van der Waals surface area contributed by atoms with E-state index in [1.807, 2.05) is 27.7 Å². The maximum absolute atomic E-state index is 12.0. The van der Waals surface area contributed by atoms with Gasteiger partial charge in [-0.2, -0.15) is 0 Å². The predicted octanol–water partition coefficient (Wildman–Crippen LogP) is 6.43. The van der Waals surface area contributed by atoms with Crippen molar-refractivity contribution in [3.8, 4) is 0 Å². The van der Waals surface area contributed by atoms with Crippen molar-refractivity contribution in [3.63, 3.8) is 0 Å². The van der Waals surface area contributed by atoms with Gasteiger partial charge in [0.1, 0.15) is 5.54 Å². The van der Waals surface area contributed by atoms with E-state index in [2.05, 4.69) is 12.2 Å². The summed E-state index contributed by atoms with van der Waals surface area (Å²) in [6.45, 7) is 10.7. The van der Waals surface area contributed by atoms with Crippen molar-refractivity contribution in [2.45, 2.75) is 123 Å². The molecule has 0 fully saturated rings. The molecule has 3 nitrogen and oxygen atoms in total. The SMILES string of the molecule is CCCCCCCCCCCCCCOC(=O)C(C)(C)NC(C)C.Cl. The molecule has 0 saturated carbocycles. The normalized spacial score (nSPS) is 11.4. The van der Waals surface area contributed by atoms with E-state index in [0.717, 1.165) is 6.42 Å². The number of hydrogen-bond donors (Lipinski definition) is 1. The lowest BCUT2D eigenvalue weighted by atomic mass is 10.0. The Labute approximate surface area is 163 Å². The van der Waals surface area contributed by atoms with Crippen LogP contribution in [0.3, 0.4) is 0 Å². The fourth-order valence-corrected chi connectivity index (χ4v) is 3.07. The highest BCUT2D eigenvalue weighted by Crippen LogP contribution is 2.12. The Morgan fingerprint density at radius 2 is 1.24 bits per heavy atom. The first-order valence-corrected chi connectivity index (χ1v) is 10.3. The zero-order valence-corrected chi connectivity index (χ0v) is 18.3. The second-order valence-electron chi connectivity index (χ2n) is 7.95. The zero-order valence-electron chi connectivity index (χ0n) is 17.5. The molecule has 0 spiro atoms. The molecule has 0 heterocycles. The Balaban J connectivity index is 0. The van der Waals surface area contributed by atoms with Gasteiger partial charge in [0.05, 0.1) is 6.61 Å². The number of halogens is 1. The van der Waals surface area contributed by atoms with Gasteiger partial charge in [0, 0.05) is 6.04 Å². The van der Waals surface area contributed by atoms with Gasteiger partial charge in [-0.3, -0.25) is 4.79 Å². The van der Waals surface area contributed by atoms with E-state index in [-0.39, 0.29) is 24.4 Å². The highest BCUT2D eigenvalue weighted by molar-refractivity contribution is 5.85.